The van der Waals surface area contributed by atoms with Gasteiger partial charge in [0.1, 0.15) is 11.5 Å². The third-order valence-corrected chi connectivity index (χ3v) is 9.57. The molecular formula is C46H53F5O6. The Balaban J connectivity index is 1.03. The summed E-state index contributed by atoms with van der Waals surface area (Å²) in [5.41, 5.74) is 3.44. The lowest BCUT2D eigenvalue weighted by Crippen LogP contribution is -2.13. The highest BCUT2D eigenvalue weighted by molar-refractivity contribution is 5.91. The van der Waals surface area contributed by atoms with Crippen molar-refractivity contribution in [3.05, 3.63) is 113 Å². The summed E-state index contributed by atoms with van der Waals surface area (Å²) in [5.74, 6) is -12.7. The van der Waals surface area contributed by atoms with Crippen molar-refractivity contribution in [2.75, 3.05) is 6.61 Å². The summed E-state index contributed by atoms with van der Waals surface area (Å²) in [6, 6.07) is 22.6. The highest BCUT2D eigenvalue weighted by atomic mass is 19.2. The summed E-state index contributed by atoms with van der Waals surface area (Å²) in [6.07, 6.45) is 14.0. The van der Waals surface area contributed by atoms with Crippen LogP contribution in [0.25, 0.3) is 11.1 Å². The number of carbonyl (C=O) groups is 2. The number of rotatable bonds is 25. The van der Waals surface area contributed by atoms with Crippen LogP contribution >= 0.6 is 0 Å². The number of ether oxygens (including phenoxy) is 4. The van der Waals surface area contributed by atoms with Crippen molar-refractivity contribution in [3.63, 3.8) is 0 Å². The van der Waals surface area contributed by atoms with Crippen molar-refractivity contribution in [2.45, 2.75) is 123 Å². The molecule has 0 radical (unpaired) electrons. The molecule has 308 valence electrons. The zero-order valence-electron chi connectivity index (χ0n) is 32.9. The quantitative estimate of drug-likeness (QED) is 0.0166. The standard InChI is InChI=1S/C46H53F5O6/c1-3-4-5-10-13-16-32(2)55-37-28-24-35(25-29-37)34-20-22-36(23-21-34)46(53)56-38-26-18-33(19-27-38)31-54-30-15-12-9-7-6-8-11-14-17-39(52)57-45-43(50)41(48)40(47)42(49)44(45)51/h18-29,32H,3-17,30-31H2,1-2H3/t32-/m1/s1. The van der Waals surface area contributed by atoms with Crippen molar-refractivity contribution in [1.82, 2.24) is 0 Å². The predicted octanol–water partition coefficient (Wildman–Crippen LogP) is 13.0. The topological polar surface area (TPSA) is 71.1 Å². The van der Waals surface area contributed by atoms with Crippen molar-refractivity contribution in [3.8, 4) is 28.4 Å². The van der Waals surface area contributed by atoms with Crippen LogP contribution in [0.5, 0.6) is 17.2 Å². The van der Waals surface area contributed by atoms with Gasteiger partial charge in [0.15, 0.2) is 0 Å². The summed E-state index contributed by atoms with van der Waals surface area (Å²) < 4.78 is 88.9. The Morgan fingerprint density at radius 2 is 1.07 bits per heavy atom. The van der Waals surface area contributed by atoms with E-state index in [4.69, 9.17) is 14.2 Å². The average molecular weight is 797 g/mol. The Morgan fingerprint density at radius 1 is 0.561 bits per heavy atom. The Hall–Kier alpha value is -4.77. The number of halogens is 5. The van der Waals surface area contributed by atoms with Crippen LogP contribution in [0.3, 0.4) is 0 Å². The molecule has 0 aliphatic heterocycles. The first-order chi connectivity index (χ1) is 27.6. The third-order valence-electron chi connectivity index (χ3n) is 9.57. The molecule has 0 bridgehead atoms. The van der Waals surface area contributed by atoms with Gasteiger partial charge in [-0.25, -0.2) is 18.0 Å². The number of hydrogen-bond donors (Lipinski definition) is 0. The number of carbonyl (C=O) groups excluding carboxylic acids is 2. The first-order valence-corrected chi connectivity index (χ1v) is 20.1. The van der Waals surface area contributed by atoms with Gasteiger partial charge < -0.3 is 18.9 Å². The molecule has 1 atom stereocenters. The first-order valence-electron chi connectivity index (χ1n) is 20.1. The number of esters is 2. The summed E-state index contributed by atoms with van der Waals surface area (Å²) in [6.45, 7) is 5.38. The lowest BCUT2D eigenvalue weighted by atomic mass is 10.0. The normalized spacial score (nSPS) is 11.7. The molecule has 0 amide bonds. The van der Waals surface area contributed by atoms with E-state index >= 15 is 0 Å². The maximum Gasteiger partial charge on any atom is 0.343 e. The fourth-order valence-electron chi connectivity index (χ4n) is 6.23. The minimum absolute atomic E-state index is 0.175. The zero-order chi connectivity index (χ0) is 41.0. The smallest absolute Gasteiger partial charge is 0.343 e. The van der Waals surface area contributed by atoms with E-state index in [0.29, 0.717) is 37.4 Å². The second kappa shape index (κ2) is 24.1. The lowest BCUT2D eigenvalue weighted by Gasteiger charge is -2.15. The van der Waals surface area contributed by atoms with Crippen LogP contribution in [0, 0.1) is 29.1 Å². The SMILES string of the molecule is CCCCCCC[C@@H](C)Oc1ccc(-c2ccc(C(=O)Oc3ccc(COCCCCCCCCCCC(=O)Oc4c(F)c(F)c(F)c(F)c4F)cc3)cc2)cc1. The molecule has 4 rings (SSSR count). The molecule has 0 spiro atoms. The van der Waals surface area contributed by atoms with Crippen molar-refractivity contribution >= 4 is 11.9 Å². The molecule has 57 heavy (non-hydrogen) atoms. The second-order valence-corrected chi connectivity index (χ2v) is 14.3. The van der Waals surface area contributed by atoms with Crippen LogP contribution in [0.4, 0.5) is 22.0 Å². The molecule has 0 fully saturated rings. The molecule has 0 N–H and O–H groups in total. The molecule has 4 aromatic rings. The predicted molar refractivity (Wildman–Crippen MR) is 210 cm³/mol. The largest absolute Gasteiger partial charge is 0.491 e. The van der Waals surface area contributed by atoms with Gasteiger partial charge in [0.2, 0.25) is 34.8 Å². The average Bonchev–Trinajstić information content (AvgIpc) is 3.22. The number of hydrogen-bond acceptors (Lipinski definition) is 6. The maximum atomic E-state index is 13.7. The van der Waals surface area contributed by atoms with Crippen molar-refractivity contribution in [1.29, 1.82) is 0 Å². The molecule has 0 aliphatic carbocycles. The highest BCUT2D eigenvalue weighted by Crippen LogP contribution is 2.30. The molecule has 6 nitrogen and oxygen atoms in total. The molecular weight excluding hydrogens is 743 g/mol. The Labute approximate surface area is 332 Å². The van der Waals surface area contributed by atoms with Gasteiger partial charge in [-0.1, -0.05) is 108 Å². The highest BCUT2D eigenvalue weighted by Gasteiger charge is 2.28. The second-order valence-electron chi connectivity index (χ2n) is 14.3. The van der Waals surface area contributed by atoms with E-state index in [-0.39, 0.29) is 12.5 Å². The monoisotopic (exact) mass is 796 g/mol. The summed E-state index contributed by atoms with van der Waals surface area (Å²) in [7, 11) is 0. The summed E-state index contributed by atoms with van der Waals surface area (Å²) in [5, 5.41) is 0. The zero-order valence-corrected chi connectivity index (χ0v) is 32.9. The van der Waals surface area contributed by atoms with Gasteiger partial charge in [0, 0.05) is 13.0 Å². The van der Waals surface area contributed by atoms with Gasteiger partial charge >= 0.3 is 11.9 Å². The molecule has 4 aromatic carbocycles. The molecule has 11 heteroatoms. The van der Waals surface area contributed by atoms with Crippen molar-refractivity contribution in [2.24, 2.45) is 0 Å². The third kappa shape index (κ3) is 14.9. The van der Waals surface area contributed by atoms with Crippen LogP contribution in [-0.4, -0.2) is 24.6 Å². The lowest BCUT2D eigenvalue weighted by molar-refractivity contribution is -0.135. The van der Waals surface area contributed by atoms with Gasteiger partial charge in [-0.15, -0.1) is 0 Å². The molecule has 0 heterocycles. The fraction of sp³-hybridized carbons (Fsp3) is 0.435. The van der Waals surface area contributed by atoms with Gasteiger partial charge in [0.05, 0.1) is 18.3 Å². The van der Waals surface area contributed by atoms with E-state index in [1.165, 1.54) is 32.1 Å². The van der Waals surface area contributed by atoms with Crippen molar-refractivity contribution < 1.29 is 50.5 Å². The molecule has 0 unspecified atom stereocenters. The van der Waals surface area contributed by atoms with E-state index in [1.807, 2.05) is 48.5 Å². The van der Waals surface area contributed by atoms with E-state index < -0.39 is 46.8 Å². The minimum Gasteiger partial charge on any atom is -0.491 e. The van der Waals surface area contributed by atoms with Gasteiger partial charge in [-0.05, 0) is 85.7 Å². The van der Waals surface area contributed by atoms with Gasteiger partial charge in [-0.3, -0.25) is 4.79 Å². The first kappa shape index (κ1) is 44.9. The summed E-state index contributed by atoms with van der Waals surface area (Å²) in [4.78, 5) is 24.6. The van der Waals surface area contributed by atoms with Gasteiger partial charge in [-0.2, -0.15) is 8.78 Å². The number of benzene rings is 4. The summed E-state index contributed by atoms with van der Waals surface area (Å²) >= 11 is 0. The minimum atomic E-state index is -2.31. The maximum absolute atomic E-state index is 13.7. The van der Waals surface area contributed by atoms with Crippen LogP contribution in [-0.2, 0) is 16.1 Å². The molecule has 0 saturated heterocycles. The van der Waals surface area contributed by atoms with Gasteiger partial charge in [0.25, 0.3) is 0 Å². The fourth-order valence-corrected chi connectivity index (χ4v) is 6.23. The van der Waals surface area contributed by atoms with Crippen LogP contribution in [0.15, 0.2) is 72.8 Å². The molecule has 0 saturated carbocycles. The van der Waals surface area contributed by atoms with E-state index in [1.54, 1.807) is 24.3 Å². The molecule has 0 aliphatic rings. The Morgan fingerprint density at radius 3 is 1.68 bits per heavy atom. The van der Waals surface area contributed by atoms with Crippen LogP contribution < -0.4 is 14.2 Å². The molecule has 0 aromatic heterocycles. The Kier molecular flexibility index (Phi) is 19.0. The van der Waals surface area contributed by atoms with Crippen LogP contribution in [0.2, 0.25) is 0 Å². The Bertz CT molecular complexity index is 1800. The number of unbranched alkanes of at least 4 members (excludes halogenated alkanes) is 11. The van der Waals surface area contributed by atoms with E-state index in [0.717, 1.165) is 67.4 Å². The van der Waals surface area contributed by atoms with Crippen LogP contribution in [0.1, 0.15) is 126 Å². The van der Waals surface area contributed by atoms with E-state index in [9.17, 15) is 31.5 Å². The van der Waals surface area contributed by atoms with E-state index in [2.05, 4.69) is 18.6 Å².